The molecule has 0 fully saturated rings. The van der Waals surface area contributed by atoms with Crippen molar-refractivity contribution in [1.29, 1.82) is 0 Å². The molecule has 0 unspecified atom stereocenters. The van der Waals surface area contributed by atoms with Crippen LogP contribution in [0.4, 0.5) is 0 Å². The van der Waals surface area contributed by atoms with Gasteiger partial charge in [0.1, 0.15) is 11.6 Å². The summed E-state index contributed by atoms with van der Waals surface area (Å²) in [4.78, 5) is 65.0. The summed E-state index contributed by atoms with van der Waals surface area (Å²) < 4.78 is 0. The fourth-order valence-corrected chi connectivity index (χ4v) is 17.0. The van der Waals surface area contributed by atoms with Gasteiger partial charge in [0, 0.05) is 106 Å². The van der Waals surface area contributed by atoms with Crippen LogP contribution in [0.1, 0.15) is 118 Å². The number of benzene rings is 14. The number of aromatic nitrogens is 14. The highest BCUT2D eigenvalue weighted by Gasteiger charge is 2.18. The van der Waals surface area contributed by atoms with E-state index in [0.717, 1.165) is 198 Å². The quantitative estimate of drug-likeness (QED) is 0.100. The summed E-state index contributed by atoms with van der Waals surface area (Å²) in [5.41, 5.74) is 46.6. The minimum absolute atomic E-state index is 0.783. The van der Waals surface area contributed by atoms with Crippen LogP contribution in [-0.2, 0) is 0 Å². The van der Waals surface area contributed by atoms with Gasteiger partial charge in [0.2, 0.25) is 0 Å². The SMILES string of the molecule is Cc1cc(-c2ccccc2C)nc(-c2ccccc2C)n1.Cc1ccc(-c2cc(C)nc(-c3ccc(C)cc3)n2)cc1.Cc1ccc(-c2cc(C)nc(-c3ccc(C)cc3)n2)cc1.Cc1cccc(-c2cc(-c3cccc(C)c3)nc(C)n2)c1.Cc1cccc(-c2cc(C)nc(-c3cccc(C)c3)n2)c1.Cc1cccc(-c2cc(C)nc(-c3cccc(C)c3)n2)c1.Cc1nc(-c2ccccc2C)cc(-c2ccccc2C)n1. The van der Waals surface area contributed by atoms with E-state index in [1.54, 1.807) is 0 Å². The van der Waals surface area contributed by atoms with E-state index in [0.29, 0.717) is 0 Å². The lowest BCUT2D eigenvalue weighted by atomic mass is 10.0. The minimum Gasteiger partial charge on any atom is -0.233 e. The summed E-state index contributed by atoms with van der Waals surface area (Å²) in [6.45, 7) is 43.3. The smallest absolute Gasteiger partial charge is 0.160 e. The van der Waals surface area contributed by atoms with Gasteiger partial charge in [-0.15, -0.1) is 0 Å². The van der Waals surface area contributed by atoms with Crippen molar-refractivity contribution in [2.24, 2.45) is 0 Å². The second-order valence-corrected chi connectivity index (χ2v) is 37.9. The molecule has 7 aromatic heterocycles. The van der Waals surface area contributed by atoms with Crippen molar-refractivity contribution < 1.29 is 0 Å². The van der Waals surface area contributed by atoms with Crippen LogP contribution in [0, 0.1) is 145 Å². The Labute approximate surface area is 867 Å². The first kappa shape index (κ1) is 104. The molecule has 7 heterocycles. The largest absolute Gasteiger partial charge is 0.233 e. The van der Waals surface area contributed by atoms with Gasteiger partial charge in [-0.3, -0.25) is 0 Å². The fraction of sp³-hybridized carbons (Fsp3) is 0.158. The molecule has 0 radical (unpaired) electrons. The van der Waals surface area contributed by atoms with E-state index in [9.17, 15) is 0 Å². The Morgan fingerprint density at radius 1 is 0.116 bits per heavy atom. The third kappa shape index (κ3) is 29.0. The number of aryl methyl sites for hydroxylation is 21. The highest BCUT2D eigenvalue weighted by Crippen LogP contribution is 2.35. The van der Waals surface area contributed by atoms with Gasteiger partial charge >= 0.3 is 0 Å². The van der Waals surface area contributed by atoms with Gasteiger partial charge in [-0.25, -0.2) is 69.8 Å². The maximum Gasteiger partial charge on any atom is 0.160 e. The molecule has 0 atom stereocenters. The summed E-state index contributed by atoms with van der Waals surface area (Å²) >= 11 is 0. The molecule has 0 aliphatic rings. The molecule has 0 amide bonds. The van der Waals surface area contributed by atoms with Gasteiger partial charge in [0.25, 0.3) is 0 Å². The molecule has 14 aromatic carbocycles. The van der Waals surface area contributed by atoms with Crippen LogP contribution in [-0.4, -0.2) is 69.8 Å². The van der Waals surface area contributed by atoms with Crippen LogP contribution < -0.4 is 0 Å². The number of hydrogen-bond acceptors (Lipinski definition) is 14. The Balaban J connectivity index is 0.000000129. The molecule has 21 rings (SSSR count). The van der Waals surface area contributed by atoms with E-state index in [2.05, 4.69) is 451 Å². The molecule has 0 bridgehead atoms. The van der Waals surface area contributed by atoms with Crippen molar-refractivity contribution in [3.8, 4) is 158 Å². The molecule has 21 aromatic rings. The maximum atomic E-state index is 4.78. The molecule has 0 spiro atoms. The third-order valence-corrected chi connectivity index (χ3v) is 24.7. The Kier molecular flexibility index (Phi) is 34.7. The van der Waals surface area contributed by atoms with E-state index in [1.807, 2.05) is 121 Å². The van der Waals surface area contributed by atoms with Gasteiger partial charge in [0.05, 0.1) is 51.2 Å². The first-order valence-corrected chi connectivity index (χ1v) is 49.8. The van der Waals surface area contributed by atoms with E-state index in [4.69, 9.17) is 24.9 Å². The Hall–Kier alpha value is -17.4. The average Bonchev–Trinajstić information content (AvgIpc) is 0.802. The molecule has 14 nitrogen and oxygen atoms in total. The summed E-state index contributed by atoms with van der Waals surface area (Å²) in [5.74, 6) is 5.53. The van der Waals surface area contributed by atoms with Gasteiger partial charge in [-0.2, -0.15) is 0 Å². The van der Waals surface area contributed by atoms with Crippen LogP contribution in [0.2, 0.25) is 0 Å². The van der Waals surface area contributed by atoms with Crippen molar-refractivity contribution >= 4 is 0 Å². The molecule has 0 saturated carbocycles. The van der Waals surface area contributed by atoms with Crippen molar-refractivity contribution in [1.82, 2.24) is 69.8 Å². The predicted octanol–water partition coefficient (Wildman–Crippen LogP) is 33.2. The highest BCUT2D eigenvalue weighted by molar-refractivity contribution is 5.76. The zero-order chi connectivity index (χ0) is 104. The van der Waals surface area contributed by atoms with Crippen LogP contribution in [0.3, 0.4) is 0 Å². The van der Waals surface area contributed by atoms with Crippen molar-refractivity contribution in [3.63, 3.8) is 0 Å². The lowest BCUT2D eigenvalue weighted by Gasteiger charge is -2.10. The van der Waals surface area contributed by atoms with E-state index >= 15 is 0 Å². The predicted molar refractivity (Wildman–Crippen MR) is 610 cm³/mol. The lowest BCUT2D eigenvalue weighted by Crippen LogP contribution is -1.97. The average molecular weight is 1920 g/mol. The summed E-state index contributed by atoms with van der Waals surface area (Å²) in [7, 11) is 0. The molecule has 147 heavy (non-hydrogen) atoms. The van der Waals surface area contributed by atoms with E-state index < -0.39 is 0 Å². The first-order valence-electron chi connectivity index (χ1n) is 49.8. The number of rotatable bonds is 14. The zero-order valence-electron chi connectivity index (χ0n) is 88.1. The molecule has 0 aliphatic carbocycles. The molecule has 0 saturated heterocycles. The molecule has 14 heteroatoms. The molecule has 0 N–H and O–H groups in total. The van der Waals surface area contributed by atoms with Gasteiger partial charge in [-0.1, -0.05) is 359 Å². The maximum absolute atomic E-state index is 4.78. The Morgan fingerprint density at radius 2 is 0.313 bits per heavy atom. The molecule has 728 valence electrons. The standard InChI is InChI=1S/7C19H18N2/c2*1-13-4-8-16(9-5-13)18-12-15(3)20-19(21-18)17-10-6-14(2)7-11-17;1-13-6-4-8-16(10-13)18-12-19(21-15(3)20-18)17-9-5-7-14(2)11-17;2*1-13-6-4-8-16(10-13)18-12-15(3)20-19(21-18)17-9-5-7-14(2)11-17;1-13-8-4-6-10-16(13)18-12-19(21-15(3)20-18)17-11-7-5-9-14(17)2;1-13-8-4-6-10-16(13)18-12-15(3)20-19(21-18)17-11-7-5-9-14(17)2/h7*4-12H,1-3H3. The van der Waals surface area contributed by atoms with Crippen molar-refractivity contribution in [2.75, 3.05) is 0 Å². The van der Waals surface area contributed by atoms with Crippen LogP contribution in [0.25, 0.3) is 158 Å². The van der Waals surface area contributed by atoms with Gasteiger partial charge in [-0.05, 0) is 247 Å². The van der Waals surface area contributed by atoms with Crippen LogP contribution in [0.5, 0.6) is 0 Å². The zero-order valence-corrected chi connectivity index (χ0v) is 88.1. The highest BCUT2D eigenvalue weighted by atomic mass is 14.9. The van der Waals surface area contributed by atoms with Crippen LogP contribution in [0.15, 0.2) is 382 Å². The Bertz CT molecular complexity index is 7110. The van der Waals surface area contributed by atoms with Gasteiger partial charge in [0.15, 0.2) is 29.1 Å². The number of hydrogen-bond donors (Lipinski definition) is 0. The lowest BCUT2D eigenvalue weighted by molar-refractivity contribution is 1.06. The molecular formula is C133H126N14. The Morgan fingerprint density at radius 3 is 0.592 bits per heavy atom. The van der Waals surface area contributed by atoms with Gasteiger partial charge < -0.3 is 0 Å². The number of nitrogens with zero attached hydrogens (tertiary/aromatic N) is 14. The van der Waals surface area contributed by atoms with E-state index in [-0.39, 0.29) is 0 Å². The fourth-order valence-electron chi connectivity index (χ4n) is 17.0. The minimum atomic E-state index is 0.783. The normalized spacial score (nSPS) is 10.6. The summed E-state index contributed by atoms with van der Waals surface area (Å²) in [6.07, 6.45) is 0. The topological polar surface area (TPSA) is 180 Å². The first-order chi connectivity index (χ1) is 70.9. The second kappa shape index (κ2) is 49.1. The van der Waals surface area contributed by atoms with Crippen molar-refractivity contribution in [2.45, 2.75) is 145 Å². The molecule has 0 aliphatic heterocycles. The van der Waals surface area contributed by atoms with Crippen molar-refractivity contribution in [3.05, 3.63) is 500 Å². The summed E-state index contributed by atoms with van der Waals surface area (Å²) in [6, 6.07) is 131. The second-order valence-electron chi connectivity index (χ2n) is 37.9. The molecular weight excluding hydrogens is 1790 g/mol. The van der Waals surface area contributed by atoms with E-state index in [1.165, 1.54) is 77.9 Å². The van der Waals surface area contributed by atoms with Crippen LogP contribution >= 0.6 is 0 Å². The third-order valence-electron chi connectivity index (χ3n) is 24.7. The monoisotopic (exact) mass is 1920 g/mol. The summed E-state index contributed by atoms with van der Waals surface area (Å²) in [5, 5.41) is 0.